The average molecular weight is 662 g/mol. The van der Waals surface area contributed by atoms with Crippen LogP contribution in [-0.2, 0) is 28.6 Å². The minimum Gasteiger partial charge on any atom is -0.481 e. The Kier molecular flexibility index (Phi) is 10.3. The molecular formula is C37H53F2NO7. The van der Waals surface area contributed by atoms with Crippen molar-refractivity contribution in [1.29, 1.82) is 0 Å². The Balaban J connectivity index is 1.31. The Hall–Kier alpha value is -2.78. The van der Waals surface area contributed by atoms with Gasteiger partial charge >= 0.3 is 17.9 Å². The van der Waals surface area contributed by atoms with Gasteiger partial charge in [0.05, 0.1) is 12.7 Å². The monoisotopic (exact) mass is 661 g/mol. The van der Waals surface area contributed by atoms with Crippen LogP contribution < -0.4 is 4.74 Å². The first-order chi connectivity index (χ1) is 22.1. The molecule has 4 fully saturated rings. The fourth-order valence-corrected chi connectivity index (χ4v) is 10.9. The number of carbonyl (C=O) groups is 3. The minimum atomic E-state index is -2.92. The minimum absolute atomic E-state index is 0.0895. The average Bonchev–Trinajstić information content (AvgIpc) is 3.35. The predicted molar refractivity (Wildman–Crippen MR) is 170 cm³/mol. The van der Waals surface area contributed by atoms with Crippen LogP contribution in [0.15, 0.2) is 18.3 Å². The zero-order chi connectivity index (χ0) is 34.3. The van der Waals surface area contributed by atoms with E-state index >= 15 is 8.78 Å². The maximum atomic E-state index is 16.6. The molecule has 1 aromatic rings. The van der Waals surface area contributed by atoms with Crippen molar-refractivity contribution in [2.75, 3.05) is 7.11 Å². The molecule has 5 rings (SSSR count). The molecule has 4 aliphatic rings. The normalized spacial score (nSPS) is 36.9. The number of esters is 3. The van der Waals surface area contributed by atoms with Gasteiger partial charge in [0.25, 0.3) is 5.92 Å². The van der Waals surface area contributed by atoms with Gasteiger partial charge in [-0.25, -0.2) is 13.8 Å². The third kappa shape index (κ3) is 6.76. The molecule has 1 heterocycles. The lowest BCUT2D eigenvalue weighted by atomic mass is 9.43. The highest BCUT2D eigenvalue weighted by atomic mass is 19.3. The second-order valence-electron chi connectivity index (χ2n) is 15.4. The van der Waals surface area contributed by atoms with Gasteiger partial charge in [-0.15, -0.1) is 0 Å². The van der Waals surface area contributed by atoms with Crippen molar-refractivity contribution in [2.24, 2.45) is 46.3 Å². The maximum Gasteiger partial charge on any atom is 0.303 e. The Bertz CT molecular complexity index is 1320. The molecule has 0 spiro atoms. The number of halogens is 2. The van der Waals surface area contributed by atoms with E-state index in [1.54, 1.807) is 19.4 Å². The van der Waals surface area contributed by atoms with Crippen LogP contribution in [0.5, 0.6) is 5.88 Å². The van der Waals surface area contributed by atoms with E-state index in [1.165, 1.54) is 20.8 Å². The number of pyridine rings is 1. The zero-order valence-corrected chi connectivity index (χ0v) is 29.1. The molecule has 262 valence electrons. The molecule has 1 unspecified atom stereocenters. The number of methoxy groups -OCH3 is 1. The molecule has 47 heavy (non-hydrogen) atoms. The molecule has 0 bridgehead atoms. The van der Waals surface area contributed by atoms with Crippen LogP contribution in [0.1, 0.15) is 117 Å². The van der Waals surface area contributed by atoms with E-state index in [2.05, 4.69) is 25.8 Å². The third-order valence-corrected chi connectivity index (χ3v) is 12.8. The summed E-state index contributed by atoms with van der Waals surface area (Å²) in [7, 11) is 1.55. The lowest BCUT2D eigenvalue weighted by Crippen LogP contribution is -2.64. The van der Waals surface area contributed by atoms with Crippen LogP contribution in [0.2, 0.25) is 0 Å². The number of nitrogens with zero attached hydrogens (tertiary/aromatic N) is 1. The van der Waals surface area contributed by atoms with Gasteiger partial charge in [0.1, 0.15) is 18.3 Å². The predicted octanol–water partition coefficient (Wildman–Crippen LogP) is 7.88. The zero-order valence-electron chi connectivity index (χ0n) is 29.1. The van der Waals surface area contributed by atoms with Gasteiger partial charge in [-0.05, 0) is 98.0 Å². The van der Waals surface area contributed by atoms with Gasteiger partial charge in [0.2, 0.25) is 5.88 Å². The standard InChI is InChI=1S/C37H53F2NO7/c1-21(10-8-12-30(45-22(2)41)25-11-9-19-40-34(25)44-7)26-13-14-27-32-28(15-17-35(26,27)5)36(6)18-16-31(46-23(3)42)33(47-24(4)43)29(36)20-37(32,38)39/h9,11,19,21,26-33H,8,10,12-18,20H2,1-7H3/t21-,26-,27+,28+,29+,30?,31+,32+,33-,35-,36-/m1/s1. The van der Waals surface area contributed by atoms with E-state index in [4.69, 9.17) is 18.9 Å². The Morgan fingerprint density at radius 3 is 2.26 bits per heavy atom. The Morgan fingerprint density at radius 2 is 1.60 bits per heavy atom. The molecule has 0 aromatic carbocycles. The van der Waals surface area contributed by atoms with Crippen molar-refractivity contribution in [1.82, 2.24) is 4.98 Å². The smallest absolute Gasteiger partial charge is 0.303 e. The summed E-state index contributed by atoms with van der Waals surface area (Å²) in [5, 5.41) is 0. The molecular weight excluding hydrogens is 608 g/mol. The molecule has 1 aromatic heterocycles. The Labute approximate surface area is 278 Å². The number of hydrogen-bond acceptors (Lipinski definition) is 8. The van der Waals surface area contributed by atoms with Crippen LogP contribution in [-0.4, -0.2) is 48.1 Å². The first-order valence-corrected chi connectivity index (χ1v) is 17.5. The molecule has 11 atom stereocenters. The van der Waals surface area contributed by atoms with Crippen LogP contribution >= 0.6 is 0 Å². The van der Waals surface area contributed by atoms with Crippen molar-refractivity contribution in [2.45, 2.75) is 130 Å². The molecule has 0 saturated heterocycles. The van der Waals surface area contributed by atoms with Crippen molar-refractivity contribution < 1.29 is 42.1 Å². The van der Waals surface area contributed by atoms with Gasteiger partial charge < -0.3 is 18.9 Å². The number of carbonyl (C=O) groups excluding carboxylic acids is 3. The van der Waals surface area contributed by atoms with Crippen molar-refractivity contribution >= 4 is 17.9 Å². The third-order valence-electron chi connectivity index (χ3n) is 12.8. The van der Waals surface area contributed by atoms with Crippen LogP contribution in [0.3, 0.4) is 0 Å². The summed E-state index contributed by atoms with van der Waals surface area (Å²) in [5.41, 5.74) is 0.111. The maximum absolute atomic E-state index is 16.6. The number of aromatic nitrogens is 1. The fraction of sp³-hybridized carbons (Fsp3) is 0.784. The summed E-state index contributed by atoms with van der Waals surface area (Å²) in [6.45, 7) is 10.6. The highest BCUT2D eigenvalue weighted by molar-refractivity contribution is 5.67. The quantitative estimate of drug-likeness (QED) is 0.184. The van der Waals surface area contributed by atoms with Crippen LogP contribution in [0.4, 0.5) is 8.78 Å². The summed E-state index contributed by atoms with van der Waals surface area (Å²) >= 11 is 0. The molecule has 0 aliphatic heterocycles. The molecule has 10 heteroatoms. The lowest BCUT2D eigenvalue weighted by Gasteiger charge is -2.64. The van der Waals surface area contributed by atoms with Crippen molar-refractivity contribution in [3.63, 3.8) is 0 Å². The molecule has 8 nitrogen and oxygen atoms in total. The van der Waals surface area contributed by atoms with E-state index in [9.17, 15) is 14.4 Å². The van der Waals surface area contributed by atoms with Gasteiger partial charge in [0, 0.05) is 45.2 Å². The molecule has 4 aliphatic carbocycles. The fourth-order valence-electron chi connectivity index (χ4n) is 10.9. The van der Waals surface area contributed by atoms with Gasteiger partial charge in [-0.3, -0.25) is 14.4 Å². The van der Waals surface area contributed by atoms with Gasteiger partial charge in [0.15, 0.2) is 0 Å². The summed E-state index contributed by atoms with van der Waals surface area (Å²) in [4.78, 5) is 40.2. The van der Waals surface area contributed by atoms with E-state index in [-0.39, 0.29) is 29.6 Å². The first kappa shape index (κ1) is 35.5. The van der Waals surface area contributed by atoms with Gasteiger partial charge in [-0.2, -0.15) is 0 Å². The van der Waals surface area contributed by atoms with E-state index < -0.39 is 53.4 Å². The second-order valence-corrected chi connectivity index (χ2v) is 15.4. The summed E-state index contributed by atoms with van der Waals surface area (Å²) < 4.78 is 55.6. The Morgan fingerprint density at radius 1 is 0.915 bits per heavy atom. The molecule has 0 amide bonds. The molecule has 0 N–H and O–H groups in total. The molecule has 0 radical (unpaired) electrons. The number of rotatable bonds is 10. The lowest BCUT2D eigenvalue weighted by molar-refractivity contribution is -0.263. The topological polar surface area (TPSA) is 101 Å². The van der Waals surface area contributed by atoms with Crippen molar-refractivity contribution in [3.8, 4) is 5.88 Å². The van der Waals surface area contributed by atoms with E-state index in [0.29, 0.717) is 43.4 Å². The number of hydrogen-bond donors (Lipinski definition) is 0. The number of ether oxygens (including phenoxy) is 4. The van der Waals surface area contributed by atoms with Crippen molar-refractivity contribution in [3.05, 3.63) is 23.9 Å². The van der Waals surface area contributed by atoms with Crippen LogP contribution in [0.25, 0.3) is 0 Å². The highest BCUT2D eigenvalue weighted by Crippen LogP contribution is 2.71. The second kappa shape index (κ2) is 13.6. The summed E-state index contributed by atoms with van der Waals surface area (Å²) in [6, 6.07) is 3.68. The van der Waals surface area contributed by atoms with E-state index in [0.717, 1.165) is 37.7 Å². The first-order valence-electron chi connectivity index (χ1n) is 17.5. The SMILES string of the molecule is COc1ncccc1C(CCC[C@@H](C)[C@H]1CC[C@H]2[C@H]3[C@H](CC[C@]12C)[C@@]1(C)CC[C@H](OC(C)=O)[C@H](OC(C)=O)[C@@H]1CC3(F)F)OC(C)=O. The summed E-state index contributed by atoms with van der Waals surface area (Å²) in [6.07, 6.45) is 6.07. The van der Waals surface area contributed by atoms with Crippen LogP contribution in [0, 0.1) is 46.3 Å². The van der Waals surface area contributed by atoms with Gasteiger partial charge in [-0.1, -0.05) is 27.2 Å². The summed E-state index contributed by atoms with van der Waals surface area (Å²) in [5.74, 6) is -4.81. The molecule has 4 saturated carbocycles. The van der Waals surface area contributed by atoms with E-state index in [1.807, 2.05) is 6.07 Å². The highest BCUT2D eigenvalue weighted by Gasteiger charge is 2.70. The number of alkyl halides is 2. The largest absolute Gasteiger partial charge is 0.481 e. The number of fused-ring (bicyclic) bond motifs is 5.